The molecule has 0 unspecified atom stereocenters. The van der Waals surface area contributed by atoms with E-state index in [2.05, 4.69) is 30.7 Å². The Balaban J connectivity index is 1.94. The summed E-state index contributed by atoms with van der Waals surface area (Å²) in [6, 6.07) is 1.88. The average molecular weight is 341 g/mol. The van der Waals surface area contributed by atoms with Crippen molar-refractivity contribution in [3.8, 4) is 0 Å². The zero-order chi connectivity index (χ0) is 16.7. The first-order valence-electron chi connectivity index (χ1n) is 8.38. The first kappa shape index (κ1) is 18.3. The summed E-state index contributed by atoms with van der Waals surface area (Å²) >= 11 is 1.69. The van der Waals surface area contributed by atoms with E-state index in [0.29, 0.717) is 6.61 Å². The molecule has 0 radical (unpaired) electrons. The van der Waals surface area contributed by atoms with Crippen molar-refractivity contribution >= 4 is 17.6 Å². The van der Waals surface area contributed by atoms with Gasteiger partial charge in [-0.05, 0) is 26.3 Å². The molecule has 1 aromatic heterocycles. The Bertz CT molecular complexity index is 534. The molecule has 23 heavy (non-hydrogen) atoms. The molecular formula is C16H27N3O3S. The van der Waals surface area contributed by atoms with E-state index in [9.17, 15) is 4.79 Å². The average Bonchev–Trinajstić information content (AvgIpc) is 3.01. The predicted molar refractivity (Wildman–Crippen MR) is 94.2 cm³/mol. The first-order valence-corrected chi connectivity index (χ1v) is 9.43. The van der Waals surface area contributed by atoms with Crippen LogP contribution in [0.4, 0.5) is 5.82 Å². The zero-order valence-electron chi connectivity index (χ0n) is 14.2. The molecule has 0 N–H and O–H groups in total. The van der Waals surface area contributed by atoms with E-state index < -0.39 is 0 Å². The lowest BCUT2D eigenvalue weighted by Crippen LogP contribution is -2.32. The maximum Gasteiger partial charge on any atom is 0.351 e. The second kappa shape index (κ2) is 9.30. The number of anilines is 1. The number of aromatic nitrogens is 2. The molecule has 6 nitrogen and oxygen atoms in total. The van der Waals surface area contributed by atoms with E-state index in [-0.39, 0.29) is 17.4 Å². The fraction of sp³-hybridized carbons (Fsp3) is 0.750. The maximum atomic E-state index is 12.3. The second-order valence-electron chi connectivity index (χ2n) is 5.43. The van der Waals surface area contributed by atoms with Gasteiger partial charge in [-0.1, -0.05) is 13.3 Å². The van der Waals surface area contributed by atoms with Crippen molar-refractivity contribution < 1.29 is 9.47 Å². The second-order valence-corrected chi connectivity index (χ2v) is 6.62. The third kappa shape index (κ3) is 4.96. The largest absolute Gasteiger partial charge is 0.378 e. The molecular weight excluding hydrogens is 314 g/mol. The van der Waals surface area contributed by atoms with Crippen LogP contribution in [-0.4, -0.2) is 47.0 Å². The molecule has 0 spiro atoms. The van der Waals surface area contributed by atoms with Gasteiger partial charge >= 0.3 is 5.69 Å². The van der Waals surface area contributed by atoms with Gasteiger partial charge in [-0.3, -0.25) is 4.57 Å². The molecule has 0 bridgehead atoms. The number of unbranched alkanes of at least 4 members (excludes halogenated alkanes) is 1. The van der Waals surface area contributed by atoms with Crippen LogP contribution < -0.4 is 10.6 Å². The van der Waals surface area contributed by atoms with Crippen molar-refractivity contribution in [1.82, 2.24) is 9.55 Å². The molecule has 1 saturated heterocycles. The van der Waals surface area contributed by atoms with Gasteiger partial charge in [0, 0.05) is 31.6 Å². The Kier molecular flexibility index (Phi) is 7.39. The van der Waals surface area contributed by atoms with Crippen LogP contribution in [0.25, 0.3) is 0 Å². The quantitative estimate of drug-likeness (QED) is 0.643. The molecule has 2 heterocycles. The normalized spacial score (nSPS) is 20.8. The van der Waals surface area contributed by atoms with E-state index in [0.717, 1.165) is 44.1 Å². The Morgan fingerprint density at radius 2 is 2.22 bits per heavy atom. The van der Waals surface area contributed by atoms with Crippen LogP contribution >= 0.6 is 11.8 Å². The van der Waals surface area contributed by atoms with Gasteiger partial charge in [0.1, 0.15) is 17.5 Å². The lowest BCUT2D eigenvalue weighted by Gasteiger charge is -2.20. The summed E-state index contributed by atoms with van der Waals surface area (Å²) in [4.78, 5) is 18.5. The fourth-order valence-corrected chi connectivity index (χ4v) is 3.47. The van der Waals surface area contributed by atoms with Crippen LogP contribution in [-0.2, 0) is 9.47 Å². The third-order valence-corrected chi connectivity index (χ3v) is 4.94. The molecule has 0 aliphatic carbocycles. The highest BCUT2D eigenvalue weighted by Crippen LogP contribution is 2.31. The van der Waals surface area contributed by atoms with Gasteiger partial charge in [0.25, 0.3) is 0 Å². The number of ether oxygens (including phenoxy) is 2. The minimum atomic E-state index is -0.259. The minimum Gasteiger partial charge on any atom is -0.378 e. The summed E-state index contributed by atoms with van der Waals surface area (Å²) in [5, 5.41) is 0. The van der Waals surface area contributed by atoms with Crippen LogP contribution in [0.3, 0.4) is 0 Å². The summed E-state index contributed by atoms with van der Waals surface area (Å²) in [7, 11) is 0. The van der Waals surface area contributed by atoms with Crippen LogP contribution in [0.1, 0.15) is 39.8 Å². The van der Waals surface area contributed by atoms with Crippen molar-refractivity contribution in [3.63, 3.8) is 0 Å². The summed E-state index contributed by atoms with van der Waals surface area (Å²) in [6.45, 7) is 9.25. The summed E-state index contributed by atoms with van der Waals surface area (Å²) in [5.74, 6) is 1.47. The third-order valence-electron chi connectivity index (χ3n) is 3.84. The molecule has 0 saturated carbocycles. The zero-order valence-corrected chi connectivity index (χ0v) is 15.1. The molecule has 7 heteroatoms. The highest BCUT2D eigenvalue weighted by Gasteiger charge is 2.28. The van der Waals surface area contributed by atoms with Gasteiger partial charge in [-0.15, -0.1) is 11.8 Å². The predicted octanol–water partition coefficient (Wildman–Crippen LogP) is 2.49. The molecule has 1 fully saturated rings. The highest BCUT2D eigenvalue weighted by molar-refractivity contribution is 8.00. The van der Waals surface area contributed by atoms with Crippen LogP contribution in [0.5, 0.6) is 0 Å². The smallest absolute Gasteiger partial charge is 0.351 e. The lowest BCUT2D eigenvalue weighted by atomic mass is 10.4. The van der Waals surface area contributed by atoms with E-state index in [1.165, 1.54) is 0 Å². The summed E-state index contributed by atoms with van der Waals surface area (Å²) in [6.07, 6.45) is 3.72. The summed E-state index contributed by atoms with van der Waals surface area (Å²) < 4.78 is 13.1. The van der Waals surface area contributed by atoms with Gasteiger partial charge in [-0.2, -0.15) is 4.98 Å². The van der Waals surface area contributed by atoms with E-state index >= 15 is 0 Å². The molecule has 1 aliphatic heterocycles. The Morgan fingerprint density at radius 1 is 1.43 bits per heavy atom. The number of rotatable bonds is 9. The van der Waals surface area contributed by atoms with Gasteiger partial charge < -0.3 is 14.4 Å². The molecule has 130 valence electrons. The topological polar surface area (TPSA) is 56.6 Å². The molecule has 1 aliphatic rings. The molecule has 2 rings (SSSR count). The number of hydrogen-bond acceptors (Lipinski definition) is 6. The molecule has 1 aromatic rings. The van der Waals surface area contributed by atoms with Crippen molar-refractivity contribution in [1.29, 1.82) is 0 Å². The molecule has 0 amide bonds. The van der Waals surface area contributed by atoms with Crippen LogP contribution in [0.2, 0.25) is 0 Å². The first-order chi connectivity index (χ1) is 11.2. The van der Waals surface area contributed by atoms with Crippen molar-refractivity contribution in [2.45, 2.75) is 45.3 Å². The van der Waals surface area contributed by atoms with Crippen molar-refractivity contribution in [3.05, 3.63) is 22.7 Å². The van der Waals surface area contributed by atoms with Crippen LogP contribution in [0, 0.1) is 0 Å². The SMILES string of the molecule is CCCCOC[C@H]1O[C@@H](n2ccc(N(CC)CC)nc2=O)CS1. The van der Waals surface area contributed by atoms with Crippen LogP contribution in [0.15, 0.2) is 17.1 Å². The number of thioether (sulfide) groups is 1. The van der Waals surface area contributed by atoms with Gasteiger partial charge in [0.2, 0.25) is 0 Å². The van der Waals surface area contributed by atoms with E-state index in [4.69, 9.17) is 9.47 Å². The van der Waals surface area contributed by atoms with Crippen molar-refractivity contribution in [2.75, 3.05) is 37.0 Å². The van der Waals surface area contributed by atoms with E-state index in [1.807, 2.05) is 6.07 Å². The van der Waals surface area contributed by atoms with Crippen molar-refractivity contribution in [2.24, 2.45) is 0 Å². The Labute approximate surface area is 142 Å². The van der Waals surface area contributed by atoms with E-state index in [1.54, 1.807) is 22.5 Å². The molecule has 0 aromatic carbocycles. The van der Waals surface area contributed by atoms with Gasteiger partial charge in [0.05, 0.1) is 6.61 Å². The molecule has 2 atom stereocenters. The number of hydrogen-bond donors (Lipinski definition) is 0. The Morgan fingerprint density at radius 3 is 2.87 bits per heavy atom. The van der Waals surface area contributed by atoms with Gasteiger partial charge in [0.15, 0.2) is 0 Å². The fourth-order valence-electron chi connectivity index (χ4n) is 2.45. The lowest BCUT2D eigenvalue weighted by molar-refractivity contribution is -0.0250. The summed E-state index contributed by atoms with van der Waals surface area (Å²) in [5.41, 5.74) is -0.265. The van der Waals surface area contributed by atoms with Gasteiger partial charge in [-0.25, -0.2) is 4.79 Å². The standard InChI is InChI=1S/C16H27N3O3S/c1-4-7-10-21-11-15-22-14(12-23-15)19-9-8-13(17-16(19)20)18(5-2)6-3/h8-9,14-15H,4-7,10-12H2,1-3H3/t14-,15+/m1/s1. The monoisotopic (exact) mass is 341 g/mol. The maximum absolute atomic E-state index is 12.3. The number of nitrogens with zero attached hydrogens (tertiary/aromatic N) is 3. The Hall–Kier alpha value is -1.05. The minimum absolute atomic E-state index is 0.00813. The highest BCUT2D eigenvalue weighted by atomic mass is 32.2.